The predicted molar refractivity (Wildman–Crippen MR) is 34.1 cm³/mol. The second-order valence-corrected chi connectivity index (χ2v) is 3.32. The van der Waals surface area contributed by atoms with Crippen molar-refractivity contribution in [3.05, 3.63) is 11.5 Å². The molecule has 34 valence electrons. The highest BCUT2D eigenvalue weighted by Crippen LogP contribution is 2.17. The van der Waals surface area contributed by atoms with Gasteiger partial charge in [-0.15, -0.1) is 23.5 Å². The summed E-state index contributed by atoms with van der Waals surface area (Å²) in [6.45, 7) is 0. The van der Waals surface area contributed by atoms with Gasteiger partial charge in [0.15, 0.2) is 0 Å². The van der Waals surface area contributed by atoms with Crippen LogP contribution in [0.2, 0.25) is 0 Å². The molecule has 0 spiro atoms. The van der Waals surface area contributed by atoms with Gasteiger partial charge in [-0.2, -0.15) is 0 Å². The maximum absolute atomic E-state index is 2.19. The van der Waals surface area contributed by atoms with Crippen molar-refractivity contribution < 1.29 is 0 Å². The third-order valence-corrected chi connectivity index (χ3v) is 2.58. The van der Waals surface area contributed by atoms with Gasteiger partial charge in [0.1, 0.15) is 0 Å². The van der Waals surface area contributed by atoms with E-state index < -0.39 is 0 Å². The third-order valence-electron chi connectivity index (χ3n) is 0.558. The van der Waals surface area contributed by atoms with Crippen LogP contribution in [-0.4, -0.2) is 10.8 Å². The molecular weight excluding hydrogens is 112 g/mol. The highest BCUT2D eigenvalue weighted by Gasteiger charge is 1.87. The van der Waals surface area contributed by atoms with Crippen LogP contribution in [0.25, 0.3) is 0 Å². The van der Waals surface area contributed by atoms with Crippen molar-refractivity contribution in [2.75, 3.05) is 10.8 Å². The first-order chi connectivity index (χ1) is 3.00. The molecule has 0 unspecified atom stereocenters. The minimum Gasteiger partial charge on any atom is -0.147 e. The average molecular weight is 118 g/mol. The summed E-state index contributed by atoms with van der Waals surface area (Å²) >= 11 is 3.85. The lowest BCUT2D eigenvalue weighted by Crippen LogP contribution is -1.76. The van der Waals surface area contributed by atoms with Crippen molar-refractivity contribution in [2.24, 2.45) is 0 Å². The van der Waals surface area contributed by atoms with Gasteiger partial charge < -0.3 is 0 Å². The summed E-state index contributed by atoms with van der Waals surface area (Å²) in [4.78, 5) is 0. The van der Waals surface area contributed by atoms with Crippen molar-refractivity contribution in [3.63, 3.8) is 0 Å². The summed E-state index contributed by atoms with van der Waals surface area (Å²) in [7, 11) is 0. The zero-order valence-electron chi connectivity index (χ0n) is 3.39. The van der Waals surface area contributed by atoms with E-state index in [0.717, 1.165) is 0 Å². The van der Waals surface area contributed by atoms with E-state index in [1.807, 2.05) is 23.5 Å². The molecule has 0 saturated carbocycles. The van der Waals surface area contributed by atoms with Crippen molar-refractivity contribution in [2.45, 2.75) is 0 Å². The molecule has 2 heteroatoms. The lowest BCUT2D eigenvalue weighted by molar-refractivity contribution is 1.78. The van der Waals surface area contributed by atoms with Gasteiger partial charge in [0.05, 0.1) is 0 Å². The number of hydrogen-bond acceptors (Lipinski definition) is 2. The molecule has 1 aliphatic heterocycles. The van der Waals surface area contributed by atoms with Crippen LogP contribution in [0, 0.1) is 0 Å². The zero-order chi connectivity index (χ0) is 4.24. The van der Waals surface area contributed by atoms with Gasteiger partial charge >= 0.3 is 0 Å². The fourth-order valence-corrected chi connectivity index (χ4v) is 1.98. The van der Waals surface area contributed by atoms with Crippen LogP contribution in [0.1, 0.15) is 0 Å². The van der Waals surface area contributed by atoms with Crippen molar-refractivity contribution in [3.8, 4) is 0 Å². The van der Waals surface area contributed by atoms with E-state index in [1.54, 1.807) is 0 Å². The molecule has 0 bridgehead atoms. The Labute approximate surface area is 46.4 Å². The monoisotopic (exact) mass is 118 g/mol. The van der Waals surface area contributed by atoms with Crippen LogP contribution >= 0.6 is 23.5 Å². The zero-order valence-corrected chi connectivity index (χ0v) is 5.02. The topological polar surface area (TPSA) is 0 Å². The largest absolute Gasteiger partial charge is 0.147 e. The van der Waals surface area contributed by atoms with E-state index in [-0.39, 0.29) is 0 Å². The molecule has 0 N–H and O–H groups in total. The lowest BCUT2D eigenvalue weighted by Gasteiger charge is -1.97. The molecule has 0 amide bonds. The van der Waals surface area contributed by atoms with Crippen LogP contribution < -0.4 is 0 Å². The fraction of sp³-hybridized carbons (Fsp3) is 0.500. The standard InChI is InChI=1S/C4H6S2/c1-2-5-4-6-3-1/h1-2H,3-4H2. The summed E-state index contributed by atoms with van der Waals surface area (Å²) in [5.41, 5.74) is 0. The van der Waals surface area contributed by atoms with E-state index in [9.17, 15) is 0 Å². The highest BCUT2D eigenvalue weighted by molar-refractivity contribution is 8.17. The Bertz CT molecular complexity index is 50.6. The summed E-state index contributed by atoms with van der Waals surface area (Å²) in [5, 5.41) is 3.41. The van der Waals surface area contributed by atoms with Crippen molar-refractivity contribution in [1.82, 2.24) is 0 Å². The average Bonchev–Trinajstić information content (AvgIpc) is 1.72. The fourth-order valence-electron chi connectivity index (χ4n) is 0.311. The van der Waals surface area contributed by atoms with E-state index in [1.165, 1.54) is 10.8 Å². The predicted octanol–water partition coefficient (Wildman–Crippen LogP) is 1.94. The Morgan fingerprint density at radius 3 is 2.67 bits per heavy atom. The van der Waals surface area contributed by atoms with Crippen LogP contribution in [0.3, 0.4) is 0 Å². The minimum atomic E-state index is 1.22. The summed E-state index contributed by atoms with van der Waals surface area (Å²) in [6.07, 6.45) is 2.19. The van der Waals surface area contributed by atoms with Crippen LogP contribution in [-0.2, 0) is 0 Å². The van der Waals surface area contributed by atoms with Gasteiger partial charge in [-0.25, -0.2) is 0 Å². The van der Waals surface area contributed by atoms with E-state index in [0.29, 0.717) is 0 Å². The maximum atomic E-state index is 2.19. The van der Waals surface area contributed by atoms with Gasteiger partial charge in [-0.3, -0.25) is 0 Å². The Morgan fingerprint density at radius 1 is 1.50 bits per heavy atom. The number of thioether (sulfide) groups is 2. The summed E-state index contributed by atoms with van der Waals surface area (Å²) in [5.74, 6) is 1.22. The molecule has 0 radical (unpaired) electrons. The molecule has 6 heavy (non-hydrogen) atoms. The van der Waals surface area contributed by atoms with Crippen molar-refractivity contribution in [1.29, 1.82) is 0 Å². The Hall–Kier alpha value is 0.440. The van der Waals surface area contributed by atoms with Crippen LogP contribution in [0.15, 0.2) is 11.5 Å². The summed E-state index contributed by atoms with van der Waals surface area (Å²) in [6, 6.07) is 0. The molecule has 0 aromatic heterocycles. The molecule has 1 heterocycles. The molecule has 0 nitrogen and oxygen atoms in total. The number of hydrogen-bond donors (Lipinski definition) is 0. The Kier molecular flexibility index (Phi) is 1.98. The molecule has 1 aliphatic rings. The molecule has 0 aliphatic carbocycles. The number of rotatable bonds is 0. The molecule has 1 rings (SSSR count). The Balaban J connectivity index is 2.26. The van der Waals surface area contributed by atoms with Gasteiger partial charge in [-0.05, 0) is 5.41 Å². The highest BCUT2D eigenvalue weighted by atomic mass is 32.2. The maximum Gasteiger partial charge on any atom is 0.0436 e. The SMILES string of the molecule is C1=CSCSC1. The molecular formula is C4H6S2. The molecule has 0 saturated heterocycles. The second-order valence-electron chi connectivity index (χ2n) is 1.03. The summed E-state index contributed by atoms with van der Waals surface area (Å²) < 4.78 is 0. The first kappa shape index (κ1) is 4.60. The van der Waals surface area contributed by atoms with Crippen LogP contribution in [0.4, 0.5) is 0 Å². The quantitative estimate of drug-likeness (QED) is 0.476. The second kappa shape index (κ2) is 2.59. The molecule has 0 fully saturated rings. The van der Waals surface area contributed by atoms with E-state index in [2.05, 4.69) is 11.5 Å². The van der Waals surface area contributed by atoms with Crippen molar-refractivity contribution >= 4 is 23.5 Å². The van der Waals surface area contributed by atoms with Gasteiger partial charge in [0, 0.05) is 10.8 Å². The first-order valence-corrected chi connectivity index (χ1v) is 4.05. The molecule has 0 atom stereocenters. The minimum absolute atomic E-state index is 1.22. The van der Waals surface area contributed by atoms with Gasteiger partial charge in [-0.1, -0.05) is 6.08 Å². The first-order valence-electron chi connectivity index (χ1n) is 1.84. The third kappa shape index (κ3) is 1.27. The Morgan fingerprint density at radius 2 is 2.50 bits per heavy atom. The lowest BCUT2D eigenvalue weighted by atomic mass is 10.8. The van der Waals surface area contributed by atoms with E-state index in [4.69, 9.17) is 0 Å². The molecule has 0 aromatic rings. The normalized spacial score (nSPS) is 21.3. The van der Waals surface area contributed by atoms with Gasteiger partial charge in [0.2, 0.25) is 0 Å². The van der Waals surface area contributed by atoms with Gasteiger partial charge in [0.25, 0.3) is 0 Å². The smallest absolute Gasteiger partial charge is 0.0436 e. The van der Waals surface area contributed by atoms with Crippen LogP contribution in [0.5, 0.6) is 0 Å². The van der Waals surface area contributed by atoms with E-state index >= 15 is 0 Å². The molecule has 0 aromatic carbocycles.